The van der Waals surface area contributed by atoms with E-state index in [4.69, 9.17) is 10.6 Å². The molecule has 0 amide bonds. The molecule has 0 aromatic rings. The summed E-state index contributed by atoms with van der Waals surface area (Å²) in [5, 5.41) is 8.75. The van der Waals surface area contributed by atoms with E-state index in [1.54, 1.807) is 0 Å². The summed E-state index contributed by atoms with van der Waals surface area (Å²) in [7, 11) is 0. The first-order chi connectivity index (χ1) is 11.3. The smallest absolute Gasteiger partial charge is 0.303 e. The molecule has 1 N–H and O–H groups in total. The Kier molecular flexibility index (Phi) is 10.1. The molecule has 0 bridgehead atoms. The second kappa shape index (κ2) is 16.0. The van der Waals surface area contributed by atoms with Crippen LogP contribution in [0.1, 0.15) is 89.4 Å². The lowest BCUT2D eigenvalue weighted by atomic mass is 10.1. The Morgan fingerprint density at radius 1 is 0.950 bits per heavy atom. The molecule has 0 atom stereocenters. The van der Waals surface area contributed by atoms with Gasteiger partial charge in [-0.3, -0.25) is 4.79 Å². The van der Waals surface area contributed by atoms with E-state index >= 15 is 0 Å². The molecule has 0 aromatic carbocycles. The Hall–Kier alpha value is -1.05. The average Bonchev–Trinajstić information content (AvgIpc) is 2.51. The van der Waals surface area contributed by atoms with Gasteiger partial charge in [0.25, 0.3) is 0 Å². The molecule has 116 valence electrons. The van der Waals surface area contributed by atoms with Crippen molar-refractivity contribution in [3.63, 3.8) is 0 Å². The Bertz CT molecular complexity index is 404. The van der Waals surface area contributed by atoms with Crippen LogP contribution in [0.3, 0.4) is 0 Å². The summed E-state index contributed by atoms with van der Waals surface area (Å²) >= 11 is 0. The zero-order chi connectivity index (χ0) is 18.5. The van der Waals surface area contributed by atoms with Crippen LogP contribution < -0.4 is 0 Å². The number of hydrogen-bond donors (Lipinski definition) is 1. The SMILES string of the molecule is [2H]C([2H])(CCCCCC=CCC=CCCCCC)C([2H])([2H])C(=O)O. The van der Waals surface area contributed by atoms with Gasteiger partial charge in [-0.1, -0.05) is 63.3 Å². The van der Waals surface area contributed by atoms with Gasteiger partial charge in [0.15, 0.2) is 0 Å². The van der Waals surface area contributed by atoms with Gasteiger partial charge in [-0.2, -0.15) is 0 Å². The Morgan fingerprint density at radius 2 is 1.55 bits per heavy atom. The molecule has 0 unspecified atom stereocenters. The first-order valence-corrected chi connectivity index (χ1v) is 7.79. The van der Waals surface area contributed by atoms with Crippen molar-refractivity contribution in [3.05, 3.63) is 24.3 Å². The molecule has 0 rings (SSSR count). The first-order valence-electron chi connectivity index (χ1n) is 9.79. The summed E-state index contributed by atoms with van der Waals surface area (Å²) in [6.07, 6.45) is 12.3. The second-order valence-electron chi connectivity index (χ2n) is 4.88. The molecule has 2 nitrogen and oxygen atoms in total. The highest BCUT2D eigenvalue weighted by molar-refractivity contribution is 5.66. The van der Waals surface area contributed by atoms with Crippen molar-refractivity contribution < 1.29 is 15.4 Å². The molecule has 0 aliphatic rings. The minimum absolute atomic E-state index is 0.0729. The van der Waals surface area contributed by atoms with Crippen LogP contribution in [0.5, 0.6) is 0 Å². The number of hydrogen-bond acceptors (Lipinski definition) is 1. The number of allylic oxidation sites excluding steroid dienone is 4. The highest BCUT2D eigenvalue weighted by Crippen LogP contribution is 2.08. The predicted octanol–water partition coefficient (Wildman–Crippen LogP) is 5.88. The van der Waals surface area contributed by atoms with Gasteiger partial charge in [-0.15, -0.1) is 0 Å². The molecule has 0 heterocycles. The fourth-order valence-electron chi connectivity index (χ4n) is 1.81. The molecule has 0 aliphatic heterocycles. The molecule has 2 heteroatoms. The van der Waals surface area contributed by atoms with E-state index in [1.165, 1.54) is 19.3 Å². The van der Waals surface area contributed by atoms with Crippen LogP contribution in [0.4, 0.5) is 0 Å². The highest BCUT2D eigenvalue weighted by Gasteiger charge is 1.95. The van der Waals surface area contributed by atoms with Crippen LogP contribution in [0.15, 0.2) is 24.3 Å². The van der Waals surface area contributed by atoms with Crippen LogP contribution in [-0.4, -0.2) is 11.1 Å². The minimum atomic E-state index is -2.84. The van der Waals surface area contributed by atoms with Gasteiger partial charge in [-0.25, -0.2) is 0 Å². The van der Waals surface area contributed by atoms with Crippen molar-refractivity contribution in [2.45, 2.75) is 83.9 Å². The Morgan fingerprint density at radius 3 is 2.15 bits per heavy atom. The average molecular weight is 284 g/mol. The normalized spacial score (nSPS) is 16.1. The molecule has 0 fully saturated rings. The summed E-state index contributed by atoms with van der Waals surface area (Å²) in [6.45, 7) is 2.20. The number of aliphatic carboxylic acids is 1. The van der Waals surface area contributed by atoms with Crippen LogP contribution in [0.2, 0.25) is 0 Å². The van der Waals surface area contributed by atoms with Gasteiger partial charge in [-0.05, 0) is 38.5 Å². The van der Waals surface area contributed by atoms with E-state index in [2.05, 4.69) is 31.2 Å². The number of rotatable bonds is 14. The summed E-state index contributed by atoms with van der Waals surface area (Å²) in [5.41, 5.74) is 0. The molecule has 0 radical (unpaired) electrons. The maximum Gasteiger partial charge on any atom is 0.303 e. The van der Waals surface area contributed by atoms with E-state index in [0.29, 0.717) is 6.42 Å². The number of carboxylic acids is 1. The third-order valence-electron chi connectivity index (χ3n) is 2.95. The zero-order valence-corrected chi connectivity index (χ0v) is 12.7. The lowest BCUT2D eigenvalue weighted by Crippen LogP contribution is -1.93. The summed E-state index contributed by atoms with van der Waals surface area (Å²) < 4.78 is 29.8. The number of carbonyl (C=O) groups is 1. The largest absolute Gasteiger partial charge is 0.481 e. The van der Waals surface area contributed by atoms with Crippen LogP contribution in [0, 0.1) is 0 Å². The highest BCUT2D eigenvalue weighted by atomic mass is 16.4. The van der Waals surface area contributed by atoms with E-state index in [9.17, 15) is 4.79 Å². The molecule has 0 saturated carbocycles. The van der Waals surface area contributed by atoms with E-state index < -0.39 is 18.7 Å². The van der Waals surface area contributed by atoms with E-state index in [1.807, 2.05) is 0 Å². The second-order valence-corrected chi connectivity index (χ2v) is 4.88. The third-order valence-corrected chi connectivity index (χ3v) is 2.95. The van der Waals surface area contributed by atoms with E-state index in [-0.39, 0.29) is 6.42 Å². The van der Waals surface area contributed by atoms with Gasteiger partial charge >= 0.3 is 5.97 Å². The lowest BCUT2D eigenvalue weighted by Gasteiger charge is -1.98. The van der Waals surface area contributed by atoms with Crippen LogP contribution in [-0.2, 0) is 4.79 Å². The van der Waals surface area contributed by atoms with Crippen molar-refractivity contribution in [2.75, 3.05) is 0 Å². The molecular weight excluding hydrogens is 248 g/mol. The van der Waals surface area contributed by atoms with E-state index in [0.717, 1.165) is 32.1 Å². The zero-order valence-electron chi connectivity index (χ0n) is 16.7. The molecule has 0 aliphatic carbocycles. The predicted molar refractivity (Wildman–Crippen MR) is 87.0 cm³/mol. The third kappa shape index (κ3) is 16.9. The standard InChI is InChI=1S/C18H32O2/c1-2-3-4-5-6-7-8-9-10-11-12-13-14-15-16-17-18(19)20/h6-7,9-10H,2-5,8,11-17H2,1H3,(H,19,20)/i16D2,17D2. The van der Waals surface area contributed by atoms with Crippen LogP contribution in [0.25, 0.3) is 0 Å². The van der Waals surface area contributed by atoms with Gasteiger partial charge < -0.3 is 5.11 Å². The molecule has 20 heavy (non-hydrogen) atoms. The summed E-state index contributed by atoms with van der Waals surface area (Å²) in [6, 6.07) is 0. The fraction of sp³-hybridized carbons (Fsp3) is 0.722. The fourth-order valence-corrected chi connectivity index (χ4v) is 1.81. The molecule has 0 spiro atoms. The number of carboxylic acid groups (broad SMARTS) is 1. The first kappa shape index (κ1) is 12.7. The van der Waals surface area contributed by atoms with Crippen molar-refractivity contribution in [3.8, 4) is 0 Å². The Balaban J connectivity index is 3.73. The van der Waals surface area contributed by atoms with Gasteiger partial charge in [0.2, 0.25) is 0 Å². The topological polar surface area (TPSA) is 37.3 Å². The molecule has 0 aromatic heterocycles. The quantitative estimate of drug-likeness (QED) is 0.319. The number of unbranched alkanes of at least 4 members (excludes halogenated alkanes) is 6. The van der Waals surface area contributed by atoms with Crippen LogP contribution >= 0.6 is 0 Å². The van der Waals surface area contributed by atoms with Gasteiger partial charge in [0.05, 0.1) is 0 Å². The maximum atomic E-state index is 10.8. The molecular formula is C18H32O2. The molecule has 0 saturated heterocycles. The van der Waals surface area contributed by atoms with Crippen molar-refractivity contribution >= 4 is 5.97 Å². The summed E-state index contributed by atoms with van der Waals surface area (Å²) in [4.78, 5) is 10.8. The lowest BCUT2D eigenvalue weighted by molar-refractivity contribution is -0.137. The van der Waals surface area contributed by atoms with Crippen molar-refractivity contribution in [1.82, 2.24) is 0 Å². The maximum absolute atomic E-state index is 10.8. The Labute approximate surface area is 130 Å². The summed E-state index contributed by atoms with van der Waals surface area (Å²) in [5.74, 6) is -1.74. The van der Waals surface area contributed by atoms with Crippen molar-refractivity contribution in [1.29, 1.82) is 0 Å². The monoisotopic (exact) mass is 284 g/mol. The van der Waals surface area contributed by atoms with Crippen molar-refractivity contribution in [2.24, 2.45) is 0 Å². The van der Waals surface area contributed by atoms with Gasteiger partial charge in [0, 0.05) is 11.9 Å². The minimum Gasteiger partial charge on any atom is -0.481 e. The van der Waals surface area contributed by atoms with Gasteiger partial charge in [0.1, 0.15) is 0 Å².